The highest BCUT2D eigenvalue weighted by molar-refractivity contribution is 5.92. The predicted molar refractivity (Wildman–Crippen MR) is 112 cm³/mol. The summed E-state index contributed by atoms with van der Waals surface area (Å²) in [5.74, 6) is 0.247. The molecule has 1 fully saturated rings. The number of nitrogens with one attached hydrogen (secondary N) is 4. The molecule has 2 aromatic rings. The lowest BCUT2D eigenvalue weighted by Crippen LogP contribution is -3.28. The minimum Gasteiger partial charge on any atom is -0.494 e. The lowest BCUT2D eigenvalue weighted by atomic mass is 10.2. The van der Waals surface area contributed by atoms with Crippen molar-refractivity contribution in [2.24, 2.45) is 0 Å². The fraction of sp³-hybridized carbons (Fsp3) is 0.364. The van der Waals surface area contributed by atoms with Gasteiger partial charge in [-0.1, -0.05) is 6.07 Å². The van der Waals surface area contributed by atoms with Crippen molar-refractivity contribution in [3.05, 3.63) is 54.3 Å². The van der Waals surface area contributed by atoms with Crippen LogP contribution in [-0.2, 0) is 9.59 Å². The number of halogens is 1. The van der Waals surface area contributed by atoms with Gasteiger partial charge in [-0.15, -0.1) is 0 Å². The number of carbonyl (C=O) groups is 2. The first kappa shape index (κ1) is 21.7. The second kappa shape index (κ2) is 10.7. The number of benzene rings is 2. The number of quaternary nitrogens is 2. The van der Waals surface area contributed by atoms with Gasteiger partial charge in [0.15, 0.2) is 13.1 Å². The van der Waals surface area contributed by atoms with Crippen LogP contribution in [-0.4, -0.2) is 57.7 Å². The Labute approximate surface area is 175 Å². The number of amides is 2. The molecule has 1 saturated heterocycles. The second-order valence-electron chi connectivity index (χ2n) is 7.42. The molecule has 1 aliphatic rings. The van der Waals surface area contributed by atoms with E-state index >= 15 is 0 Å². The number of rotatable bonds is 8. The maximum absolute atomic E-state index is 13.2. The van der Waals surface area contributed by atoms with Gasteiger partial charge in [-0.3, -0.25) is 9.59 Å². The molecule has 4 N–H and O–H groups in total. The van der Waals surface area contributed by atoms with Crippen molar-refractivity contribution in [3.8, 4) is 5.75 Å². The maximum Gasteiger partial charge on any atom is 0.279 e. The van der Waals surface area contributed by atoms with Crippen LogP contribution in [0.2, 0.25) is 0 Å². The van der Waals surface area contributed by atoms with Crippen molar-refractivity contribution in [3.63, 3.8) is 0 Å². The molecule has 0 spiro atoms. The van der Waals surface area contributed by atoms with Crippen molar-refractivity contribution in [1.29, 1.82) is 0 Å². The van der Waals surface area contributed by atoms with Crippen LogP contribution >= 0.6 is 0 Å². The van der Waals surface area contributed by atoms with Crippen LogP contribution in [0.15, 0.2) is 48.5 Å². The third-order valence-corrected chi connectivity index (χ3v) is 5.04. The molecular formula is C22H29FN4O3+2. The monoisotopic (exact) mass is 416 g/mol. The van der Waals surface area contributed by atoms with E-state index in [1.54, 1.807) is 12.1 Å². The Hall–Kier alpha value is -2.97. The molecule has 2 aromatic carbocycles. The number of hydrogen-bond donors (Lipinski definition) is 4. The highest BCUT2D eigenvalue weighted by Gasteiger charge is 2.26. The zero-order valence-electron chi connectivity index (χ0n) is 17.2. The van der Waals surface area contributed by atoms with E-state index in [9.17, 15) is 14.0 Å². The molecule has 8 heteroatoms. The Morgan fingerprint density at radius 3 is 2.00 bits per heavy atom. The number of hydrogen-bond acceptors (Lipinski definition) is 3. The predicted octanol–water partition coefficient (Wildman–Crippen LogP) is -0.415. The highest BCUT2D eigenvalue weighted by atomic mass is 19.1. The van der Waals surface area contributed by atoms with E-state index in [1.807, 2.05) is 31.2 Å². The summed E-state index contributed by atoms with van der Waals surface area (Å²) < 4.78 is 18.6. The molecule has 30 heavy (non-hydrogen) atoms. The minimum absolute atomic E-state index is 0.0264. The summed E-state index contributed by atoms with van der Waals surface area (Å²) >= 11 is 0. The van der Waals surface area contributed by atoms with Crippen LogP contribution in [0.3, 0.4) is 0 Å². The van der Waals surface area contributed by atoms with Gasteiger partial charge in [-0.2, -0.15) is 0 Å². The van der Waals surface area contributed by atoms with Crippen molar-refractivity contribution in [2.45, 2.75) is 6.92 Å². The molecule has 0 atom stereocenters. The molecule has 3 rings (SSSR count). The normalized spacial score (nSPS) is 18.5. The van der Waals surface area contributed by atoms with Crippen LogP contribution < -0.4 is 25.2 Å². The topological polar surface area (TPSA) is 76.3 Å². The van der Waals surface area contributed by atoms with E-state index in [4.69, 9.17) is 4.74 Å². The van der Waals surface area contributed by atoms with Crippen LogP contribution in [0.5, 0.6) is 5.75 Å². The first-order chi connectivity index (χ1) is 14.5. The van der Waals surface area contributed by atoms with Gasteiger partial charge in [0.05, 0.1) is 6.61 Å². The standard InChI is InChI=1S/C22H27FN4O3/c1-2-30-20-8-6-18(7-9-20)24-21(28)15-26-10-12-27(13-11-26)16-22(29)25-19-5-3-4-17(23)14-19/h3-9,14H,2,10-13,15-16H2,1H3,(H,24,28)(H,25,29)/p+2. The van der Waals surface area contributed by atoms with Crippen molar-refractivity contribution >= 4 is 23.2 Å². The summed E-state index contributed by atoms with van der Waals surface area (Å²) in [6.45, 7) is 6.52. The smallest absolute Gasteiger partial charge is 0.279 e. The fourth-order valence-corrected chi connectivity index (χ4v) is 3.54. The second-order valence-corrected chi connectivity index (χ2v) is 7.42. The molecule has 2 amide bonds. The maximum atomic E-state index is 13.2. The van der Waals surface area contributed by atoms with Gasteiger partial charge >= 0.3 is 0 Å². The van der Waals surface area contributed by atoms with E-state index in [2.05, 4.69) is 10.6 Å². The first-order valence-electron chi connectivity index (χ1n) is 10.3. The van der Waals surface area contributed by atoms with E-state index < -0.39 is 0 Å². The van der Waals surface area contributed by atoms with Gasteiger partial charge in [0.2, 0.25) is 0 Å². The molecule has 0 unspecified atom stereocenters. The largest absolute Gasteiger partial charge is 0.494 e. The van der Waals surface area contributed by atoms with Gasteiger partial charge in [0.1, 0.15) is 37.7 Å². The molecule has 7 nitrogen and oxygen atoms in total. The van der Waals surface area contributed by atoms with E-state index in [0.717, 1.165) is 37.6 Å². The number of ether oxygens (including phenoxy) is 1. The zero-order valence-corrected chi connectivity index (χ0v) is 17.2. The Kier molecular flexibility index (Phi) is 7.75. The van der Waals surface area contributed by atoms with Gasteiger partial charge in [-0.25, -0.2) is 4.39 Å². The molecule has 0 saturated carbocycles. The summed E-state index contributed by atoms with van der Waals surface area (Å²) in [6, 6.07) is 13.2. The van der Waals surface area contributed by atoms with Crippen molar-refractivity contribution in [1.82, 2.24) is 0 Å². The van der Waals surface area contributed by atoms with Gasteiger partial charge in [0, 0.05) is 11.4 Å². The quantitative estimate of drug-likeness (QED) is 0.473. The van der Waals surface area contributed by atoms with Crippen LogP contribution in [0, 0.1) is 5.82 Å². The van der Waals surface area contributed by atoms with E-state index in [0.29, 0.717) is 25.4 Å². The molecule has 1 aliphatic heterocycles. The Balaban J connectivity index is 1.37. The number of piperazine rings is 1. The summed E-state index contributed by atoms with van der Waals surface area (Å²) in [5, 5.41) is 5.65. The van der Waals surface area contributed by atoms with E-state index in [-0.39, 0.29) is 17.6 Å². The Morgan fingerprint density at radius 1 is 0.900 bits per heavy atom. The Morgan fingerprint density at radius 2 is 1.47 bits per heavy atom. The molecular weight excluding hydrogens is 387 g/mol. The van der Waals surface area contributed by atoms with Crippen molar-refractivity contribution < 1.29 is 28.5 Å². The van der Waals surface area contributed by atoms with Crippen molar-refractivity contribution in [2.75, 3.05) is 56.5 Å². The highest BCUT2D eigenvalue weighted by Crippen LogP contribution is 2.15. The van der Waals surface area contributed by atoms with Crippen LogP contribution in [0.25, 0.3) is 0 Å². The van der Waals surface area contributed by atoms with E-state index in [1.165, 1.54) is 21.9 Å². The van der Waals surface area contributed by atoms with Crippen LogP contribution in [0.1, 0.15) is 6.92 Å². The molecule has 0 aromatic heterocycles. The first-order valence-corrected chi connectivity index (χ1v) is 10.3. The average molecular weight is 416 g/mol. The summed E-state index contributed by atoms with van der Waals surface area (Å²) in [7, 11) is 0. The fourth-order valence-electron chi connectivity index (χ4n) is 3.54. The lowest BCUT2D eigenvalue weighted by Gasteiger charge is -2.28. The third kappa shape index (κ3) is 6.82. The summed E-state index contributed by atoms with van der Waals surface area (Å²) in [6.07, 6.45) is 0. The Bertz CT molecular complexity index is 852. The minimum atomic E-state index is -0.374. The van der Waals surface area contributed by atoms with Gasteiger partial charge < -0.3 is 25.2 Å². The summed E-state index contributed by atoms with van der Waals surface area (Å²) in [5.41, 5.74) is 1.22. The number of carbonyl (C=O) groups excluding carboxylic acids is 2. The average Bonchev–Trinajstić information content (AvgIpc) is 2.71. The molecule has 0 aliphatic carbocycles. The molecule has 0 radical (unpaired) electrons. The third-order valence-electron chi connectivity index (χ3n) is 5.04. The lowest BCUT2D eigenvalue weighted by molar-refractivity contribution is -1.00. The van der Waals surface area contributed by atoms with Gasteiger partial charge in [0.25, 0.3) is 11.8 Å². The molecule has 0 bridgehead atoms. The van der Waals surface area contributed by atoms with Gasteiger partial charge in [-0.05, 0) is 49.4 Å². The zero-order chi connectivity index (χ0) is 21.3. The molecule has 160 valence electrons. The van der Waals surface area contributed by atoms with Crippen LogP contribution in [0.4, 0.5) is 15.8 Å². The molecule has 1 heterocycles. The summed E-state index contributed by atoms with van der Waals surface area (Å²) in [4.78, 5) is 26.9. The SMILES string of the molecule is CCOc1ccc(NC(=O)C[NH+]2CC[NH+](CC(=O)Nc3cccc(F)c3)CC2)cc1. The number of anilines is 2.